The Balaban J connectivity index is 1.43. The fourth-order valence-electron chi connectivity index (χ4n) is 7.07. The molecule has 182 valence electrons. The van der Waals surface area contributed by atoms with Crippen LogP contribution < -0.4 is 9.16 Å². The maximum atomic E-state index is 6.86. The zero-order valence-electron chi connectivity index (χ0n) is 21.2. The number of hydrogen-bond acceptors (Lipinski definition) is 4. The fourth-order valence-corrected chi connectivity index (χ4v) is 8.09. The number of para-hydroxylation sites is 1. The zero-order chi connectivity index (χ0) is 23.8. The Morgan fingerprint density at radius 1 is 0.794 bits per heavy atom. The van der Waals surface area contributed by atoms with Gasteiger partial charge in [0.1, 0.15) is 11.5 Å². The van der Waals surface area contributed by atoms with E-state index in [9.17, 15) is 0 Å². The molecule has 1 heterocycles. The quantitative estimate of drug-likeness (QED) is 0.330. The maximum Gasteiger partial charge on any atom is 0.299 e. The molecule has 1 atom stereocenters. The SMILES string of the molecule is CC(C)(C)[Si](C)(C)Oc1cccc(C2(Oc3ccccc3)OOC23C2CC4CC(C2)CC3C4)c1. The van der Waals surface area contributed by atoms with Crippen molar-refractivity contribution in [2.45, 2.75) is 82.4 Å². The summed E-state index contributed by atoms with van der Waals surface area (Å²) in [6, 6.07) is 18.5. The van der Waals surface area contributed by atoms with Crippen LogP contribution in [0.25, 0.3) is 0 Å². The van der Waals surface area contributed by atoms with Crippen molar-refractivity contribution in [3.63, 3.8) is 0 Å². The molecule has 1 spiro atoms. The van der Waals surface area contributed by atoms with E-state index in [0.717, 1.165) is 28.9 Å². The molecule has 4 aliphatic carbocycles. The van der Waals surface area contributed by atoms with Crippen molar-refractivity contribution in [2.24, 2.45) is 23.7 Å². The third kappa shape index (κ3) is 3.23. The summed E-state index contributed by atoms with van der Waals surface area (Å²) in [6.07, 6.45) is 6.27. The van der Waals surface area contributed by atoms with E-state index in [-0.39, 0.29) is 5.04 Å². The minimum absolute atomic E-state index is 0.125. The molecule has 5 aliphatic rings. The molecule has 1 saturated heterocycles. The summed E-state index contributed by atoms with van der Waals surface area (Å²) in [5, 5.41) is 0.125. The summed E-state index contributed by atoms with van der Waals surface area (Å²) in [5.74, 6) is 3.35. The van der Waals surface area contributed by atoms with Gasteiger partial charge in [-0.3, -0.25) is 0 Å². The van der Waals surface area contributed by atoms with Crippen molar-refractivity contribution >= 4 is 8.32 Å². The fraction of sp³-hybridized carbons (Fsp3) is 0.586. The van der Waals surface area contributed by atoms with Gasteiger partial charge in [-0.25, -0.2) is 4.89 Å². The molecule has 34 heavy (non-hydrogen) atoms. The van der Waals surface area contributed by atoms with Gasteiger partial charge in [0.25, 0.3) is 5.79 Å². The summed E-state index contributed by atoms with van der Waals surface area (Å²) in [6.45, 7) is 11.4. The topological polar surface area (TPSA) is 36.9 Å². The average Bonchev–Trinajstić information content (AvgIpc) is 2.76. The Bertz CT molecular complexity index is 1030. The minimum atomic E-state index is -1.98. The van der Waals surface area contributed by atoms with E-state index in [1.54, 1.807) is 0 Å². The smallest absolute Gasteiger partial charge is 0.299 e. The lowest BCUT2D eigenvalue weighted by atomic mass is 9.47. The molecule has 0 aromatic heterocycles. The van der Waals surface area contributed by atoms with E-state index in [0.29, 0.717) is 11.8 Å². The summed E-state index contributed by atoms with van der Waals surface area (Å²) in [5.41, 5.74) is 0.567. The van der Waals surface area contributed by atoms with Gasteiger partial charge >= 0.3 is 0 Å². The second-order valence-electron chi connectivity index (χ2n) is 12.7. The molecule has 5 heteroatoms. The standard InChI is InChI=1S/C29H38O4Si/c1-27(2,3)34(4,5)31-26-13-9-10-22(19-26)29(30-25-11-7-6-8-12-25)28(32-33-29)23-15-20-14-21(17-23)18-24(28)16-20/h6-13,19-21,23-24H,14-18H2,1-5H3. The predicted octanol–water partition coefficient (Wildman–Crippen LogP) is 7.46. The van der Waals surface area contributed by atoms with Crippen molar-refractivity contribution in [3.8, 4) is 11.5 Å². The molecular weight excluding hydrogens is 440 g/mol. The summed E-state index contributed by atoms with van der Waals surface area (Å²) >= 11 is 0. The molecule has 5 fully saturated rings. The van der Waals surface area contributed by atoms with Gasteiger partial charge in [0.15, 0.2) is 5.60 Å². The van der Waals surface area contributed by atoms with Crippen molar-refractivity contribution in [1.82, 2.24) is 0 Å². The highest BCUT2D eigenvalue weighted by atomic mass is 28.4. The first-order chi connectivity index (χ1) is 16.1. The second kappa shape index (κ2) is 7.59. The van der Waals surface area contributed by atoms with Crippen LogP contribution in [0.5, 0.6) is 11.5 Å². The highest BCUT2D eigenvalue weighted by Crippen LogP contribution is 2.69. The second-order valence-corrected chi connectivity index (χ2v) is 17.4. The lowest BCUT2D eigenvalue weighted by Gasteiger charge is -2.68. The van der Waals surface area contributed by atoms with Crippen LogP contribution in [-0.4, -0.2) is 13.9 Å². The molecule has 1 aliphatic heterocycles. The Labute approximate surface area is 205 Å². The molecule has 0 amide bonds. The lowest BCUT2D eigenvalue weighted by molar-refractivity contribution is -0.635. The van der Waals surface area contributed by atoms with Crippen molar-refractivity contribution in [1.29, 1.82) is 0 Å². The molecule has 4 bridgehead atoms. The highest BCUT2D eigenvalue weighted by Gasteiger charge is 2.77. The first-order valence-corrected chi connectivity index (χ1v) is 15.9. The van der Waals surface area contributed by atoms with E-state index in [4.69, 9.17) is 18.9 Å². The Kier molecular flexibility index (Phi) is 5.05. The predicted molar refractivity (Wildman–Crippen MR) is 135 cm³/mol. The third-order valence-electron chi connectivity index (χ3n) is 9.56. The Morgan fingerprint density at radius 2 is 1.41 bits per heavy atom. The van der Waals surface area contributed by atoms with Crippen molar-refractivity contribution in [3.05, 3.63) is 60.2 Å². The monoisotopic (exact) mass is 478 g/mol. The molecule has 1 unspecified atom stereocenters. The maximum absolute atomic E-state index is 6.86. The molecule has 0 N–H and O–H groups in total. The van der Waals surface area contributed by atoms with Gasteiger partial charge in [-0.2, -0.15) is 4.89 Å². The summed E-state index contributed by atoms with van der Waals surface area (Å²) in [4.78, 5) is 12.4. The Morgan fingerprint density at radius 3 is 1.97 bits per heavy atom. The van der Waals surface area contributed by atoms with Crippen molar-refractivity contribution < 1.29 is 18.9 Å². The lowest BCUT2D eigenvalue weighted by Crippen LogP contribution is -2.77. The van der Waals surface area contributed by atoms with Crippen LogP contribution in [0.15, 0.2) is 54.6 Å². The van der Waals surface area contributed by atoms with Crippen LogP contribution in [0.2, 0.25) is 18.1 Å². The van der Waals surface area contributed by atoms with Gasteiger partial charge in [0, 0.05) is 5.56 Å². The van der Waals surface area contributed by atoms with Gasteiger partial charge < -0.3 is 9.16 Å². The molecule has 2 aromatic carbocycles. The van der Waals surface area contributed by atoms with Crippen LogP contribution in [0.1, 0.15) is 58.4 Å². The number of hydrogen-bond donors (Lipinski definition) is 0. The van der Waals surface area contributed by atoms with E-state index < -0.39 is 19.7 Å². The molecule has 4 nitrogen and oxygen atoms in total. The number of ether oxygens (including phenoxy) is 1. The molecule has 4 saturated carbocycles. The molecule has 0 radical (unpaired) electrons. The highest BCUT2D eigenvalue weighted by molar-refractivity contribution is 6.74. The van der Waals surface area contributed by atoms with Gasteiger partial charge in [-0.15, -0.1) is 0 Å². The van der Waals surface area contributed by atoms with Crippen LogP contribution in [0, 0.1) is 23.7 Å². The van der Waals surface area contributed by atoms with Crippen molar-refractivity contribution in [2.75, 3.05) is 0 Å². The number of rotatable bonds is 5. The van der Waals surface area contributed by atoms with Gasteiger partial charge in [0.2, 0.25) is 8.32 Å². The molecule has 2 aromatic rings. The normalized spacial score (nSPS) is 36.4. The first kappa shape index (κ1) is 22.6. The largest absolute Gasteiger partial charge is 0.543 e. The van der Waals surface area contributed by atoms with Crippen LogP contribution in [0.4, 0.5) is 0 Å². The van der Waals surface area contributed by atoms with Gasteiger partial charge in [-0.1, -0.05) is 51.1 Å². The third-order valence-corrected chi connectivity index (χ3v) is 13.9. The summed E-state index contributed by atoms with van der Waals surface area (Å²) in [7, 11) is -1.98. The first-order valence-electron chi connectivity index (χ1n) is 13.0. The van der Waals surface area contributed by atoms with Crippen LogP contribution in [0.3, 0.4) is 0 Å². The number of benzene rings is 2. The minimum Gasteiger partial charge on any atom is -0.543 e. The average molecular weight is 479 g/mol. The van der Waals surface area contributed by atoms with Crippen LogP contribution >= 0.6 is 0 Å². The van der Waals surface area contributed by atoms with E-state index in [2.05, 4.69) is 58.1 Å². The van der Waals surface area contributed by atoms with E-state index in [1.807, 2.05) is 30.3 Å². The van der Waals surface area contributed by atoms with Crippen LogP contribution in [-0.2, 0) is 15.6 Å². The summed E-state index contributed by atoms with van der Waals surface area (Å²) < 4.78 is 13.6. The van der Waals surface area contributed by atoms with E-state index in [1.165, 1.54) is 32.1 Å². The molecular formula is C29H38O4Si. The van der Waals surface area contributed by atoms with E-state index >= 15 is 0 Å². The van der Waals surface area contributed by atoms with Gasteiger partial charge in [-0.05, 0) is 98.2 Å². The van der Waals surface area contributed by atoms with Gasteiger partial charge in [0.05, 0.1) is 0 Å². The Hall–Kier alpha value is -1.82. The molecule has 7 rings (SSSR count). The zero-order valence-corrected chi connectivity index (χ0v) is 22.2.